The molecule has 1 heterocycles. The number of methoxy groups -OCH3 is 1. The van der Waals surface area contributed by atoms with Crippen molar-refractivity contribution in [3.05, 3.63) is 40.2 Å². The molecule has 8 nitrogen and oxygen atoms in total. The second-order valence-electron chi connectivity index (χ2n) is 6.35. The molecule has 0 aliphatic carbocycles. The van der Waals surface area contributed by atoms with Crippen LogP contribution in [0.1, 0.15) is 18.9 Å². The normalized spacial score (nSPS) is 11.0. The molecule has 0 atom stereocenters. The minimum absolute atomic E-state index is 0.0891. The molecule has 0 unspecified atom stereocenters. The first kappa shape index (κ1) is 20.6. The van der Waals surface area contributed by atoms with Gasteiger partial charge in [-0.3, -0.25) is 14.5 Å². The van der Waals surface area contributed by atoms with E-state index >= 15 is 0 Å². The largest absolute Gasteiger partial charge is 0.423 e. The molecule has 2 N–H and O–H groups in total. The summed E-state index contributed by atoms with van der Waals surface area (Å²) in [7, 11) is 3.43. The second-order valence-corrected chi connectivity index (χ2v) is 6.35. The number of hydrogen-bond acceptors (Lipinski definition) is 6. The van der Waals surface area contributed by atoms with Crippen LogP contribution in [0.4, 0.5) is 5.69 Å². The zero-order chi connectivity index (χ0) is 19.8. The number of ether oxygens (including phenoxy) is 1. The Bertz CT molecular complexity index is 862. The number of nitrogens with one attached hydrogen (secondary N) is 2. The van der Waals surface area contributed by atoms with Crippen molar-refractivity contribution in [2.75, 3.05) is 39.2 Å². The van der Waals surface area contributed by atoms with Crippen LogP contribution in [0.25, 0.3) is 11.0 Å². The molecule has 2 aromatic rings. The van der Waals surface area contributed by atoms with Crippen LogP contribution in [0.2, 0.25) is 0 Å². The SMILES string of the molecule is COCCCNC(=O)CN(C)Cc1cc(=O)oc2cc(NC(C)=O)ccc12. The molecule has 0 radical (unpaired) electrons. The van der Waals surface area contributed by atoms with Gasteiger partial charge in [-0.05, 0) is 31.2 Å². The van der Waals surface area contributed by atoms with E-state index < -0.39 is 5.63 Å². The Kier molecular flexibility index (Phi) is 7.51. The highest BCUT2D eigenvalue weighted by atomic mass is 16.5. The third-order valence-electron chi connectivity index (χ3n) is 3.85. The van der Waals surface area contributed by atoms with Gasteiger partial charge in [0.2, 0.25) is 11.8 Å². The van der Waals surface area contributed by atoms with Crippen molar-refractivity contribution in [2.24, 2.45) is 0 Å². The maximum absolute atomic E-state index is 12.0. The van der Waals surface area contributed by atoms with E-state index in [-0.39, 0.29) is 18.4 Å². The summed E-state index contributed by atoms with van der Waals surface area (Å²) in [5.74, 6) is -0.294. The van der Waals surface area contributed by atoms with E-state index in [0.717, 1.165) is 17.4 Å². The molecule has 8 heteroatoms. The summed E-state index contributed by atoms with van der Waals surface area (Å²) < 4.78 is 10.2. The molecule has 1 aromatic carbocycles. The number of rotatable bonds is 9. The first-order chi connectivity index (χ1) is 12.9. The van der Waals surface area contributed by atoms with Crippen molar-refractivity contribution in [1.82, 2.24) is 10.2 Å². The number of hydrogen-bond donors (Lipinski definition) is 2. The van der Waals surface area contributed by atoms with Gasteiger partial charge in [0.1, 0.15) is 5.58 Å². The monoisotopic (exact) mass is 375 g/mol. The fraction of sp³-hybridized carbons (Fsp3) is 0.421. The Morgan fingerprint density at radius 3 is 2.74 bits per heavy atom. The molecular weight excluding hydrogens is 350 g/mol. The Hall–Kier alpha value is -2.71. The van der Waals surface area contributed by atoms with Crippen LogP contribution in [0.3, 0.4) is 0 Å². The molecule has 0 bridgehead atoms. The number of nitrogens with zero attached hydrogens (tertiary/aromatic N) is 1. The van der Waals surface area contributed by atoms with E-state index in [0.29, 0.717) is 31.0 Å². The van der Waals surface area contributed by atoms with Crippen molar-refractivity contribution in [2.45, 2.75) is 19.9 Å². The number of likely N-dealkylation sites (N-methyl/N-ethyl adjacent to an activating group) is 1. The number of carbonyl (C=O) groups is 2. The van der Waals surface area contributed by atoms with Crippen LogP contribution < -0.4 is 16.3 Å². The summed E-state index contributed by atoms with van der Waals surface area (Å²) in [6, 6.07) is 6.57. The molecule has 0 aliphatic heterocycles. The average molecular weight is 375 g/mol. The lowest BCUT2D eigenvalue weighted by Gasteiger charge is -2.17. The zero-order valence-corrected chi connectivity index (χ0v) is 15.8. The van der Waals surface area contributed by atoms with E-state index in [1.54, 1.807) is 32.4 Å². The Labute approximate surface area is 157 Å². The highest BCUT2D eigenvalue weighted by Gasteiger charge is 2.12. The summed E-state index contributed by atoms with van der Waals surface area (Å²) >= 11 is 0. The summed E-state index contributed by atoms with van der Waals surface area (Å²) in [6.45, 7) is 3.19. The maximum atomic E-state index is 12.0. The molecule has 0 spiro atoms. The highest BCUT2D eigenvalue weighted by Crippen LogP contribution is 2.22. The lowest BCUT2D eigenvalue weighted by Crippen LogP contribution is -2.35. The van der Waals surface area contributed by atoms with Gasteiger partial charge in [-0.1, -0.05) is 0 Å². The maximum Gasteiger partial charge on any atom is 0.336 e. The van der Waals surface area contributed by atoms with Crippen molar-refractivity contribution in [1.29, 1.82) is 0 Å². The predicted molar refractivity (Wildman–Crippen MR) is 103 cm³/mol. The van der Waals surface area contributed by atoms with Crippen LogP contribution in [0.15, 0.2) is 33.5 Å². The molecule has 146 valence electrons. The third kappa shape index (κ3) is 6.50. The van der Waals surface area contributed by atoms with Gasteiger partial charge in [0, 0.05) is 56.9 Å². The molecular formula is C19H25N3O5. The standard InChI is InChI=1S/C19H25N3O5/c1-13(23)21-15-5-6-16-14(9-19(25)27-17(16)10-15)11-22(2)12-18(24)20-7-4-8-26-3/h5-6,9-10H,4,7-8,11-12H2,1-3H3,(H,20,24)(H,21,23). The molecule has 2 amide bonds. The highest BCUT2D eigenvalue weighted by molar-refractivity contribution is 5.92. The fourth-order valence-corrected chi connectivity index (χ4v) is 2.73. The van der Waals surface area contributed by atoms with Crippen LogP contribution in [-0.4, -0.2) is 50.6 Å². The van der Waals surface area contributed by atoms with Gasteiger partial charge in [0.05, 0.1) is 6.54 Å². The van der Waals surface area contributed by atoms with Crippen molar-refractivity contribution in [3.63, 3.8) is 0 Å². The van der Waals surface area contributed by atoms with Gasteiger partial charge in [-0.15, -0.1) is 0 Å². The van der Waals surface area contributed by atoms with Gasteiger partial charge in [0.25, 0.3) is 0 Å². The molecule has 0 saturated heterocycles. The Balaban J connectivity index is 2.07. The summed E-state index contributed by atoms with van der Waals surface area (Å²) in [6.07, 6.45) is 0.757. The number of carbonyl (C=O) groups excluding carboxylic acids is 2. The van der Waals surface area contributed by atoms with E-state index in [4.69, 9.17) is 9.15 Å². The van der Waals surface area contributed by atoms with Crippen molar-refractivity contribution >= 4 is 28.5 Å². The fourth-order valence-electron chi connectivity index (χ4n) is 2.73. The van der Waals surface area contributed by atoms with Gasteiger partial charge in [0.15, 0.2) is 0 Å². The summed E-state index contributed by atoms with van der Waals surface area (Å²) in [5, 5.41) is 6.25. The minimum Gasteiger partial charge on any atom is -0.423 e. The average Bonchev–Trinajstić information content (AvgIpc) is 2.57. The van der Waals surface area contributed by atoms with E-state index in [9.17, 15) is 14.4 Å². The second kappa shape index (κ2) is 9.84. The number of amides is 2. The Morgan fingerprint density at radius 1 is 1.26 bits per heavy atom. The Morgan fingerprint density at radius 2 is 2.04 bits per heavy atom. The van der Waals surface area contributed by atoms with Gasteiger partial charge in [-0.2, -0.15) is 0 Å². The van der Waals surface area contributed by atoms with Crippen molar-refractivity contribution in [3.8, 4) is 0 Å². The minimum atomic E-state index is -0.477. The number of fused-ring (bicyclic) bond motifs is 1. The molecule has 2 rings (SSSR count). The van der Waals surface area contributed by atoms with Crippen molar-refractivity contribution < 1.29 is 18.7 Å². The zero-order valence-electron chi connectivity index (χ0n) is 15.8. The van der Waals surface area contributed by atoms with Crippen LogP contribution in [0, 0.1) is 0 Å². The quantitative estimate of drug-likeness (QED) is 0.507. The molecule has 0 fully saturated rings. The lowest BCUT2D eigenvalue weighted by atomic mass is 10.1. The summed E-state index contributed by atoms with van der Waals surface area (Å²) in [4.78, 5) is 36.9. The van der Waals surface area contributed by atoms with Gasteiger partial charge < -0.3 is 19.8 Å². The third-order valence-corrected chi connectivity index (χ3v) is 3.85. The van der Waals surface area contributed by atoms with E-state index in [2.05, 4.69) is 10.6 Å². The molecule has 27 heavy (non-hydrogen) atoms. The number of benzene rings is 1. The van der Waals surface area contributed by atoms with Gasteiger partial charge >= 0.3 is 5.63 Å². The van der Waals surface area contributed by atoms with Crippen LogP contribution in [-0.2, 0) is 20.9 Å². The smallest absolute Gasteiger partial charge is 0.336 e. The van der Waals surface area contributed by atoms with E-state index in [1.165, 1.54) is 13.0 Å². The molecule has 0 saturated carbocycles. The first-order valence-electron chi connectivity index (χ1n) is 8.67. The first-order valence-corrected chi connectivity index (χ1v) is 8.67. The lowest BCUT2D eigenvalue weighted by molar-refractivity contribution is -0.122. The molecule has 0 aliphatic rings. The number of anilines is 1. The molecule has 1 aromatic heterocycles. The topological polar surface area (TPSA) is 101 Å². The van der Waals surface area contributed by atoms with Crippen LogP contribution in [0.5, 0.6) is 0 Å². The summed E-state index contributed by atoms with van der Waals surface area (Å²) in [5.41, 5.74) is 1.22. The van der Waals surface area contributed by atoms with E-state index in [1.807, 2.05) is 4.90 Å². The van der Waals surface area contributed by atoms with Gasteiger partial charge in [-0.25, -0.2) is 4.79 Å². The van der Waals surface area contributed by atoms with Crippen LogP contribution >= 0.6 is 0 Å². The predicted octanol–water partition coefficient (Wildman–Crippen LogP) is 1.34.